The van der Waals surface area contributed by atoms with Crippen molar-refractivity contribution in [1.29, 1.82) is 0 Å². The molecule has 0 N–H and O–H groups in total. The summed E-state index contributed by atoms with van der Waals surface area (Å²) in [6.07, 6.45) is 0. The summed E-state index contributed by atoms with van der Waals surface area (Å²) in [6, 6.07) is 21.9. The van der Waals surface area contributed by atoms with Gasteiger partial charge in [0.15, 0.2) is 0 Å². The highest BCUT2D eigenvalue weighted by Crippen LogP contribution is 2.34. The topological polar surface area (TPSA) is 36.9 Å². The quantitative estimate of drug-likeness (QED) is 0.491. The Hall–Kier alpha value is -3.14. The van der Waals surface area contributed by atoms with Gasteiger partial charge in [0.05, 0.1) is 28.4 Å². The van der Waals surface area contributed by atoms with Gasteiger partial charge in [-0.15, -0.1) is 0 Å². The summed E-state index contributed by atoms with van der Waals surface area (Å²) in [4.78, 5) is 0. The van der Waals surface area contributed by atoms with Crippen LogP contribution in [0.5, 0.6) is 23.0 Å². The van der Waals surface area contributed by atoms with Gasteiger partial charge in [-0.25, -0.2) is 0 Å². The molecule has 0 radical (unpaired) electrons. The number of ether oxygens (including phenoxy) is 4. The average molecular weight is 409 g/mol. The summed E-state index contributed by atoms with van der Waals surface area (Å²) in [6.45, 7) is 6.47. The van der Waals surface area contributed by atoms with Gasteiger partial charge >= 0.3 is 0 Å². The molecule has 4 heteroatoms. The third kappa shape index (κ3) is 6.18. The highest BCUT2D eigenvalue weighted by Gasteiger charge is 2.19. The van der Waals surface area contributed by atoms with Crippen LogP contribution in [0.4, 0.5) is 0 Å². The molecule has 0 aromatic heterocycles. The molecule has 3 aromatic carbocycles. The Kier molecular flexibility index (Phi) is 8.16. The van der Waals surface area contributed by atoms with E-state index in [2.05, 4.69) is 20.8 Å². The molecule has 0 aliphatic carbocycles. The third-order valence-electron chi connectivity index (χ3n) is 4.73. The van der Waals surface area contributed by atoms with Gasteiger partial charge in [-0.3, -0.25) is 0 Å². The maximum absolute atomic E-state index is 5.32. The smallest absolute Gasteiger partial charge is 0.122 e. The Morgan fingerprint density at radius 1 is 0.500 bits per heavy atom. The standard InChI is InChI=1S/C14H14O2.C12H18O2/c1-15-13-7-3-11(4-8-13)12-5-9-14(16-2)10-6-12;1-12(2,3)10-8-9(13-4)6-7-11(10)14-5/h3-10H,1-2H3;6-8H,1-5H3. The van der Waals surface area contributed by atoms with Gasteiger partial charge < -0.3 is 18.9 Å². The van der Waals surface area contributed by atoms with Crippen LogP contribution < -0.4 is 18.9 Å². The fourth-order valence-corrected chi connectivity index (χ4v) is 2.97. The fourth-order valence-electron chi connectivity index (χ4n) is 2.97. The van der Waals surface area contributed by atoms with E-state index in [0.717, 1.165) is 23.0 Å². The van der Waals surface area contributed by atoms with E-state index in [-0.39, 0.29) is 5.41 Å². The fraction of sp³-hybridized carbons (Fsp3) is 0.308. The second-order valence-corrected chi connectivity index (χ2v) is 7.77. The van der Waals surface area contributed by atoms with Crippen LogP contribution in [0.3, 0.4) is 0 Å². The molecule has 3 aromatic rings. The molecule has 0 aliphatic rings. The Morgan fingerprint density at radius 3 is 1.23 bits per heavy atom. The van der Waals surface area contributed by atoms with Crippen LogP contribution in [-0.4, -0.2) is 28.4 Å². The van der Waals surface area contributed by atoms with E-state index in [4.69, 9.17) is 18.9 Å². The first-order chi connectivity index (χ1) is 14.3. The maximum Gasteiger partial charge on any atom is 0.122 e. The lowest BCUT2D eigenvalue weighted by molar-refractivity contribution is 0.388. The molecule has 0 atom stereocenters. The zero-order valence-corrected chi connectivity index (χ0v) is 19.0. The number of methoxy groups -OCH3 is 4. The van der Waals surface area contributed by atoms with Crippen LogP contribution in [-0.2, 0) is 5.41 Å². The average Bonchev–Trinajstić information content (AvgIpc) is 2.78. The molecule has 0 spiro atoms. The van der Waals surface area contributed by atoms with E-state index >= 15 is 0 Å². The van der Waals surface area contributed by atoms with Gasteiger partial charge in [0, 0.05) is 5.56 Å². The van der Waals surface area contributed by atoms with Gasteiger partial charge in [-0.1, -0.05) is 45.0 Å². The number of hydrogen-bond donors (Lipinski definition) is 0. The van der Waals surface area contributed by atoms with Gasteiger partial charge in [0.2, 0.25) is 0 Å². The molecule has 0 unspecified atom stereocenters. The first-order valence-corrected chi connectivity index (χ1v) is 9.83. The van der Waals surface area contributed by atoms with Crippen molar-refractivity contribution in [3.05, 3.63) is 72.3 Å². The Balaban J connectivity index is 0.000000216. The van der Waals surface area contributed by atoms with Crippen LogP contribution in [0, 0.1) is 0 Å². The zero-order chi connectivity index (χ0) is 22.1. The molecule has 0 saturated carbocycles. The van der Waals surface area contributed by atoms with E-state index in [1.807, 2.05) is 66.7 Å². The molecule has 160 valence electrons. The highest BCUT2D eigenvalue weighted by molar-refractivity contribution is 5.64. The van der Waals surface area contributed by atoms with Crippen LogP contribution in [0.1, 0.15) is 26.3 Å². The van der Waals surface area contributed by atoms with Crippen molar-refractivity contribution < 1.29 is 18.9 Å². The van der Waals surface area contributed by atoms with Crippen LogP contribution in [0.15, 0.2) is 66.7 Å². The first kappa shape index (κ1) is 23.1. The van der Waals surface area contributed by atoms with E-state index in [1.165, 1.54) is 16.7 Å². The predicted molar refractivity (Wildman–Crippen MR) is 123 cm³/mol. The molecule has 0 amide bonds. The van der Waals surface area contributed by atoms with E-state index in [9.17, 15) is 0 Å². The zero-order valence-electron chi connectivity index (χ0n) is 19.0. The summed E-state index contributed by atoms with van der Waals surface area (Å²) in [5.41, 5.74) is 3.58. The molecule has 3 rings (SSSR count). The van der Waals surface area contributed by atoms with Crippen molar-refractivity contribution in [2.24, 2.45) is 0 Å². The van der Waals surface area contributed by atoms with Crippen molar-refractivity contribution in [2.75, 3.05) is 28.4 Å². The lowest BCUT2D eigenvalue weighted by Crippen LogP contribution is -2.12. The monoisotopic (exact) mass is 408 g/mol. The summed E-state index contributed by atoms with van der Waals surface area (Å²) in [7, 11) is 6.70. The number of rotatable bonds is 5. The largest absolute Gasteiger partial charge is 0.497 e. The van der Waals surface area contributed by atoms with Crippen LogP contribution in [0.2, 0.25) is 0 Å². The normalized spacial score (nSPS) is 10.5. The lowest BCUT2D eigenvalue weighted by Gasteiger charge is -2.22. The van der Waals surface area contributed by atoms with E-state index in [1.54, 1.807) is 28.4 Å². The van der Waals surface area contributed by atoms with E-state index < -0.39 is 0 Å². The minimum Gasteiger partial charge on any atom is -0.497 e. The number of hydrogen-bond acceptors (Lipinski definition) is 4. The van der Waals surface area contributed by atoms with Crippen molar-refractivity contribution >= 4 is 0 Å². The van der Waals surface area contributed by atoms with E-state index in [0.29, 0.717) is 0 Å². The molecule has 4 nitrogen and oxygen atoms in total. The molecule has 0 saturated heterocycles. The Labute approximate surface area is 180 Å². The van der Waals surface area contributed by atoms with Crippen molar-refractivity contribution in [2.45, 2.75) is 26.2 Å². The molecular weight excluding hydrogens is 376 g/mol. The lowest BCUT2D eigenvalue weighted by atomic mass is 9.86. The van der Waals surface area contributed by atoms with Gasteiger partial charge in [0.25, 0.3) is 0 Å². The van der Waals surface area contributed by atoms with Crippen molar-refractivity contribution in [1.82, 2.24) is 0 Å². The SMILES string of the molecule is COc1ccc(-c2ccc(OC)cc2)cc1.COc1ccc(OC)c(C(C)(C)C)c1. The minimum absolute atomic E-state index is 0.0693. The van der Waals surface area contributed by atoms with Gasteiger partial charge in [-0.2, -0.15) is 0 Å². The summed E-state index contributed by atoms with van der Waals surface area (Å²) < 4.78 is 20.8. The second-order valence-electron chi connectivity index (χ2n) is 7.77. The minimum atomic E-state index is 0.0693. The first-order valence-electron chi connectivity index (χ1n) is 9.83. The molecule has 0 heterocycles. The summed E-state index contributed by atoms with van der Waals surface area (Å²) in [5, 5.41) is 0. The molecule has 0 aliphatic heterocycles. The Bertz CT molecular complexity index is 862. The van der Waals surface area contributed by atoms with Crippen LogP contribution >= 0.6 is 0 Å². The van der Waals surface area contributed by atoms with Crippen molar-refractivity contribution in [3.63, 3.8) is 0 Å². The molecule has 30 heavy (non-hydrogen) atoms. The predicted octanol–water partition coefficient (Wildman–Crippen LogP) is 6.37. The van der Waals surface area contributed by atoms with Crippen molar-refractivity contribution in [3.8, 4) is 34.1 Å². The van der Waals surface area contributed by atoms with Gasteiger partial charge in [-0.05, 0) is 59.0 Å². The molecule has 0 fully saturated rings. The molecular formula is C26H32O4. The Morgan fingerprint density at radius 2 is 0.900 bits per heavy atom. The second kappa shape index (κ2) is 10.6. The number of benzene rings is 3. The summed E-state index contributed by atoms with van der Waals surface area (Å²) in [5.74, 6) is 3.53. The highest BCUT2D eigenvalue weighted by atomic mass is 16.5. The molecule has 0 bridgehead atoms. The van der Waals surface area contributed by atoms with Gasteiger partial charge in [0.1, 0.15) is 23.0 Å². The van der Waals surface area contributed by atoms with Crippen LogP contribution in [0.25, 0.3) is 11.1 Å². The summed E-state index contributed by atoms with van der Waals surface area (Å²) >= 11 is 0. The third-order valence-corrected chi connectivity index (χ3v) is 4.73. The maximum atomic E-state index is 5.32.